The zero-order valence-corrected chi connectivity index (χ0v) is 14.2. The number of amides is 1. The number of hydrogen-bond acceptors (Lipinski definition) is 6. The van der Waals surface area contributed by atoms with E-state index in [1.54, 1.807) is 0 Å². The molecule has 0 unspecified atom stereocenters. The molecule has 0 radical (unpaired) electrons. The summed E-state index contributed by atoms with van der Waals surface area (Å²) in [7, 11) is 2.06. The van der Waals surface area contributed by atoms with E-state index in [1.807, 2.05) is 17.9 Å². The fourth-order valence-corrected chi connectivity index (χ4v) is 3.51. The SMILES string of the molecule is Cc1noc2nc(C3CC3)cc(C(=O)N3CCN(C)C[C@H]3CN)c12. The van der Waals surface area contributed by atoms with Gasteiger partial charge < -0.3 is 20.1 Å². The first-order valence-electron chi connectivity index (χ1n) is 8.55. The minimum atomic E-state index is 0.0131. The summed E-state index contributed by atoms with van der Waals surface area (Å²) in [6.45, 7) is 4.65. The second kappa shape index (κ2) is 5.82. The number of hydrogen-bond donors (Lipinski definition) is 1. The Bertz CT molecular complexity index is 783. The van der Waals surface area contributed by atoms with E-state index in [0.29, 0.717) is 36.0 Å². The van der Waals surface area contributed by atoms with Crippen LogP contribution in [0.2, 0.25) is 0 Å². The van der Waals surface area contributed by atoms with Gasteiger partial charge in [-0.25, -0.2) is 4.98 Å². The molecule has 2 N–H and O–H groups in total. The van der Waals surface area contributed by atoms with Crippen molar-refractivity contribution in [2.24, 2.45) is 5.73 Å². The van der Waals surface area contributed by atoms with Crippen LogP contribution in [0.4, 0.5) is 0 Å². The number of fused-ring (bicyclic) bond motifs is 1. The minimum Gasteiger partial charge on any atom is -0.336 e. The van der Waals surface area contributed by atoms with Gasteiger partial charge in [-0.3, -0.25) is 4.79 Å². The van der Waals surface area contributed by atoms with Crippen LogP contribution in [0.3, 0.4) is 0 Å². The smallest absolute Gasteiger partial charge is 0.259 e. The molecule has 3 heterocycles. The molecular formula is C17H23N5O2. The van der Waals surface area contributed by atoms with Crippen LogP contribution in [0.25, 0.3) is 11.1 Å². The average Bonchev–Trinajstić information content (AvgIpc) is 3.37. The highest BCUT2D eigenvalue weighted by molar-refractivity contribution is 6.06. The quantitative estimate of drug-likeness (QED) is 0.908. The Labute approximate surface area is 140 Å². The number of pyridine rings is 1. The van der Waals surface area contributed by atoms with Crippen LogP contribution in [0.5, 0.6) is 0 Å². The third-order valence-corrected chi connectivity index (χ3v) is 5.08. The molecule has 0 aromatic carbocycles. The highest BCUT2D eigenvalue weighted by Gasteiger charge is 2.33. The lowest BCUT2D eigenvalue weighted by atomic mass is 10.0. The molecule has 24 heavy (non-hydrogen) atoms. The van der Waals surface area contributed by atoms with Gasteiger partial charge in [-0.2, -0.15) is 0 Å². The minimum absolute atomic E-state index is 0.0131. The maximum absolute atomic E-state index is 13.3. The predicted molar refractivity (Wildman–Crippen MR) is 89.9 cm³/mol. The Morgan fingerprint density at radius 3 is 2.92 bits per heavy atom. The normalized spacial score (nSPS) is 22.3. The first-order valence-corrected chi connectivity index (χ1v) is 8.55. The third-order valence-electron chi connectivity index (χ3n) is 5.08. The molecule has 1 aliphatic carbocycles. The summed E-state index contributed by atoms with van der Waals surface area (Å²) in [6, 6.07) is 1.97. The number of aromatic nitrogens is 2. The predicted octanol–water partition coefficient (Wildman–Crippen LogP) is 1.12. The van der Waals surface area contributed by atoms with Gasteiger partial charge in [0.15, 0.2) is 0 Å². The van der Waals surface area contributed by atoms with Crippen molar-refractivity contribution in [3.63, 3.8) is 0 Å². The number of carbonyl (C=O) groups is 1. The third kappa shape index (κ3) is 2.57. The molecule has 2 fully saturated rings. The zero-order chi connectivity index (χ0) is 16.8. The lowest BCUT2D eigenvalue weighted by molar-refractivity contribution is 0.0517. The maximum atomic E-state index is 13.3. The summed E-state index contributed by atoms with van der Waals surface area (Å²) >= 11 is 0. The highest BCUT2D eigenvalue weighted by atomic mass is 16.5. The van der Waals surface area contributed by atoms with Gasteiger partial charge in [0.1, 0.15) is 0 Å². The molecule has 4 rings (SSSR count). The Morgan fingerprint density at radius 1 is 1.42 bits per heavy atom. The van der Waals surface area contributed by atoms with Crippen molar-refractivity contribution in [3.05, 3.63) is 23.0 Å². The highest BCUT2D eigenvalue weighted by Crippen LogP contribution is 2.40. The summed E-state index contributed by atoms with van der Waals surface area (Å²) in [5.74, 6) is 0.461. The van der Waals surface area contributed by atoms with E-state index in [1.165, 1.54) is 0 Å². The molecule has 0 bridgehead atoms. The fraction of sp³-hybridized carbons (Fsp3) is 0.588. The summed E-state index contributed by atoms with van der Waals surface area (Å²) in [6.07, 6.45) is 2.25. The second-order valence-corrected chi connectivity index (χ2v) is 6.97. The first-order chi connectivity index (χ1) is 11.6. The molecule has 7 nitrogen and oxygen atoms in total. The first kappa shape index (κ1) is 15.5. The lowest BCUT2D eigenvalue weighted by Crippen LogP contribution is -2.56. The van der Waals surface area contributed by atoms with Crippen molar-refractivity contribution < 1.29 is 9.32 Å². The number of piperazine rings is 1. The van der Waals surface area contributed by atoms with Crippen molar-refractivity contribution in [2.45, 2.75) is 31.7 Å². The van der Waals surface area contributed by atoms with Crippen molar-refractivity contribution in [3.8, 4) is 0 Å². The number of likely N-dealkylation sites (N-methyl/N-ethyl adjacent to an activating group) is 1. The molecule has 0 spiro atoms. The van der Waals surface area contributed by atoms with Gasteiger partial charge in [-0.15, -0.1) is 0 Å². The molecule has 2 aliphatic rings. The van der Waals surface area contributed by atoms with Gasteiger partial charge in [-0.05, 0) is 32.9 Å². The largest absolute Gasteiger partial charge is 0.336 e. The fourth-order valence-electron chi connectivity index (χ4n) is 3.51. The van der Waals surface area contributed by atoms with Crippen molar-refractivity contribution in [1.29, 1.82) is 0 Å². The number of nitrogens with two attached hydrogens (primary N) is 1. The summed E-state index contributed by atoms with van der Waals surface area (Å²) in [5.41, 5.74) is 8.70. The molecule has 1 amide bonds. The van der Waals surface area contributed by atoms with Gasteiger partial charge >= 0.3 is 0 Å². The van der Waals surface area contributed by atoms with E-state index < -0.39 is 0 Å². The van der Waals surface area contributed by atoms with Crippen LogP contribution in [0.1, 0.15) is 40.5 Å². The number of aryl methyl sites for hydroxylation is 1. The number of rotatable bonds is 3. The molecule has 1 saturated carbocycles. The monoisotopic (exact) mass is 329 g/mol. The van der Waals surface area contributed by atoms with E-state index >= 15 is 0 Å². The van der Waals surface area contributed by atoms with Crippen LogP contribution in [0, 0.1) is 6.92 Å². The van der Waals surface area contributed by atoms with Gasteiger partial charge in [0, 0.05) is 37.8 Å². The molecule has 128 valence electrons. The number of nitrogens with zero attached hydrogens (tertiary/aromatic N) is 4. The Hall–Kier alpha value is -1.99. The standard InChI is InChI=1S/C17H23N5O2/c1-10-15-13(7-14(11-3-4-11)19-16(15)24-20-10)17(23)22-6-5-21(2)9-12(22)8-18/h7,11-12H,3-6,8-9,18H2,1-2H3/t12-/m1/s1. The van der Waals surface area contributed by atoms with E-state index in [2.05, 4.69) is 22.1 Å². The summed E-state index contributed by atoms with van der Waals surface area (Å²) in [5, 5.41) is 4.75. The molecule has 2 aromatic rings. The van der Waals surface area contributed by atoms with Crippen LogP contribution >= 0.6 is 0 Å². The van der Waals surface area contributed by atoms with E-state index in [4.69, 9.17) is 10.3 Å². The van der Waals surface area contributed by atoms with Gasteiger partial charge in [-0.1, -0.05) is 5.16 Å². The molecular weight excluding hydrogens is 306 g/mol. The van der Waals surface area contributed by atoms with Crippen molar-refractivity contribution >= 4 is 17.0 Å². The summed E-state index contributed by atoms with van der Waals surface area (Å²) < 4.78 is 5.35. The Kier molecular flexibility index (Phi) is 3.77. The van der Waals surface area contributed by atoms with Gasteiger partial charge in [0.25, 0.3) is 11.6 Å². The van der Waals surface area contributed by atoms with Crippen LogP contribution in [-0.2, 0) is 0 Å². The van der Waals surface area contributed by atoms with E-state index in [0.717, 1.165) is 37.0 Å². The van der Waals surface area contributed by atoms with Crippen molar-refractivity contribution in [1.82, 2.24) is 19.9 Å². The molecule has 7 heteroatoms. The maximum Gasteiger partial charge on any atom is 0.259 e. The van der Waals surface area contributed by atoms with Crippen LogP contribution in [0.15, 0.2) is 10.6 Å². The Balaban J connectivity index is 1.76. The second-order valence-electron chi connectivity index (χ2n) is 6.97. The average molecular weight is 329 g/mol. The number of carbonyl (C=O) groups excluding carboxylic acids is 1. The van der Waals surface area contributed by atoms with Crippen LogP contribution < -0.4 is 5.73 Å². The van der Waals surface area contributed by atoms with E-state index in [-0.39, 0.29) is 11.9 Å². The summed E-state index contributed by atoms with van der Waals surface area (Å²) in [4.78, 5) is 22.0. The zero-order valence-electron chi connectivity index (χ0n) is 14.2. The van der Waals surface area contributed by atoms with Crippen LogP contribution in [-0.4, -0.2) is 65.1 Å². The topological polar surface area (TPSA) is 88.5 Å². The Morgan fingerprint density at radius 2 is 2.21 bits per heavy atom. The molecule has 1 saturated heterocycles. The van der Waals surface area contributed by atoms with E-state index in [9.17, 15) is 4.79 Å². The lowest BCUT2D eigenvalue weighted by Gasteiger charge is -2.39. The molecule has 1 aliphatic heterocycles. The molecule has 2 aromatic heterocycles. The molecule has 1 atom stereocenters. The van der Waals surface area contributed by atoms with Gasteiger partial charge in [0.2, 0.25) is 0 Å². The van der Waals surface area contributed by atoms with Gasteiger partial charge in [0.05, 0.1) is 22.7 Å². The van der Waals surface area contributed by atoms with Crippen molar-refractivity contribution in [2.75, 3.05) is 33.2 Å².